The van der Waals surface area contributed by atoms with Crippen LogP contribution in [-0.2, 0) is 10.1 Å². The summed E-state index contributed by atoms with van der Waals surface area (Å²) in [5, 5.41) is 0. The van der Waals surface area contributed by atoms with Crippen LogP contribution in [0.5, 0.6) is 0 Å². The van der Waals surface area contributed by atoms with Crippen LogP contribution < -0.4 is 0 Å². The van der Waals surface area contributed by atoms with Crippen LogP contribution in [0.2, 0.25) is 0 Å². The maximum absolute atomic E-state index is 11.0. The minimum Gasteiger partial charge on any atom is -0.282 e. The zero-order valence-electron chi connectivity index (χ0n) is 7.84. The molecule has 0 bridgehead atoms. The molecule has 0 aliphatic heterocycles. The minimum absolute atomic E-state index is 0.0272. The fraction of sp³-hybridized carbons (Fsp3) is 0.200. The van der Waals surface area contributed by atoms with Crippen molar-refractivity contribution in [2.24, 2.45) is 0 Å². The predicted molar refractivity (Wildman–Crippen MR) is 56.3 cm³/mol. The number of hydrogen-bond donors (Lipinski definition) is 1. The Labute approximate surface area is 83.8 Å². The Balaban J connectivity index is 3.23. The first-order valence-electron chi connectivity index (χ1n) is 4.28. The first-order chi connectivity index (χ1) is 6.55. The summed E-state index contributed by atoms with van der Waals surface area (Å²) in [6.07, 6.45) is 2.05. The molecule has 0 saturated heterocycles. The number of rotatable bonds is 3. The van der Waals surface area contributed by atoms with E-state index in [2.05, 4.69) is 0 Å². The summed E-state index contributed by atoms with van der Waals surface area (Å²) in [6, 6.07) is 8.54. The molecule has 1 N–H and O–H groups in total. The van der Waals surface area contributed by atoms with E-state index in [0.717, 1.165) is 0 Å². The van der Waals surface area contributed by atoms with Crippen molar-refractivity contribution in [3.8, 4) is 0 Å². The van der Waals surface area contributed by atoms with Gasteiger partial charge in [0.25, 0.3) is 10.1 Å². The molecule has 4 heteroatoms. The molecule has 0 atom stereocenters. The van der Waals surface area contributed by atoms with Gasteiger partial charge in [0.15, 0.2) is 0 Å². The Morgan fingerprint density at radius 1 is 1.36 bits per heavy atom. The molecule has 3 nitrogen and oxygen atoms in total. The predicted octanol–water partition coefficient (Wildman–Crippen LogP) is 2.33. The number of hydrogen-bond acceptors (Lipinski definition) is 2. The van der Waals surface area contributed by atoms with Gasteiger partial charge in [0.05, 0.1) is 4.91 Å². The second-order valence-corrected chi connectivity index (χ2v) is 4.21. The number of allylic oxidation sites excluding steroid dienone is 1. The highest BCUT2D eigenvalue weighted by molar-refractivity contribution is 7.95. The van der Waals surface area contributed by atoms with Gasteiger partial charge in [-0.3, -0.25) is 4.55 Å². The molecule has 0 heterocycles. The lowest BCUT2D eigenvalue weighted by atomic mass is 10.2. The van der Waals surface area contributed by atoms with E-state index < -0.39 is 10.1 Å². The van der Waals surface area contributed by atoms with Crippen LogP contribution >= 0.6 is 0 Å². The largest absolute Gasteiger partial charge is 0.294 e. The molecule has 0 amide bonds. The standard InChI is InChI=1S/C10H12O3S/c1-2-6-10(14(11,12)13)9-7-4-3-5-8-9/h3-8H,2H2,1H3,(H,11,12,13). The van der Waals surface area contributed by atoms with E-state index in [4.69, 9.17) is 4.55 Å². The summed E-state index contributed by atoms with van der Waals surface area (Å²) >= 11 is 0. The lowest BCUT2D eigenvalue weighted by Crippen LogP contribution is -2.00. The number of benzene rings is 1. The third kappa shape index (κ3) is 2.68. The minimum atomic E-state index is -4.12. The molecule has 0 unspecified atom stereocenters. The first-order valence-corrected chi connectivity index (χ1v) is 5.72. The zero-order valence-corrected chi connectivity index (χ0v) is 8.66. The van der Waals surface area contributed by atoms with Crippen molar-refractivity contribution in [2.45, 2.75) is 13.3 Å². The van der Waals surface area contributed by atoms with Crippen molar-refractivity contribution in [1.82, 2.24) is 0 Å². The molecule has 0 fully saturated rings. The van der Waals surface area contributed by atoms with Gasteiger partial charge in [-0.2, -0.15) is 8.42 Å². The second-order valence-electron chi connectivity index (χ2n) is 2.82. The molecule has 1 aromatic rings. The summed E-state index contributed by atoms with van der Waals surface area (Å²) in [7, 11) is -4.12. The maximum Gasteiger partial charge on any atom is 0.294 e. The van der Waals surface area contributed by atoms with E-state index in [1.54, 1.807) is 30.3 Å². The van der Waals surface area contributed by atoms with E-state index in [9.17, 15) is 8.42 Å². The van der Waals surface area contributed by atoms with Gasteiger partial charge in [-0.25, -0.2) is 0 Å². The van der Waals surface area contributed by atoms with Crippen LogP contribution in [0.15, 0.2) is 36.4 Å². The van der Waals surface area contributed by atoms with Gasteiger partial charge in [-0.15, -0.1) is 0 Å². The highest BCUT2D eigenvalue weighted by Crippen LogP contribution is 2.19. The Kier molecular flexibility index (Phi) is 3.43. The molecule has 0 aromatic heterocycles. The molecule has 1 aromatic carbocycles. The van der Waals surface area contributed by atoms with E-state index in [0.29, 0.717) is 12.0 Å². The molecule has 76 valence electrons. The smallest absolute Gasteiger partial charge is 0.282 e. The normalized spacial score (nSPS) is 12.9. The van der Waals surface area contributed by atoms with Gasteiger partial charge in [0.2, 0.25) is 0 Å². The Morgan fingerprint density at radius 2 is 1.93 bits per heavy atom. The van der Waals surface area contributed by atoms with Crippen molar-refractivity contribution in [3.63, 3.8) is 0 Å². The molecule has 0 aliphatic rings. The van der Waals surface area contributed by atoms with E-state index >= 15 is 0 Å². The van der Waals surface area contributed by atoms with Crippen molar-refractivity contribution >= 4 is 15.0 Å². The second kappa shape index (κ2) is 4.39. The van der Waals surface area contributed by atoms with Crippen molar-refractivity contribution in [3.05, 3.63) is 42.0 Å². The molecular weight excluding hydrogens is 200 g/mol. The molecular formula is C10H12O3S. The summed E-state index contributed by atoms with van der Waals surface area (Å²) in [4.78, 5) is -0.0272. The Bertz CT molecular complexity index is 418. The average Bonchev–Trinajstić information content (AvgIpc) is 2.14. The van der Waals surface area contributed by atoms with Gasteiger partial charge in [0, 0.05) is 0 Å². The summed E-state index contributed by atoms with van der Waals surface area (Å²) in [6.45, 7) is 1.81. The van der Waals surface area contributed by atoms with Gasteiger partial charge in [0.1, 0.15) is 0 Å². The lowest BCUT2D eigenvalue weighted by Gasteiger charge is -2.03. The maximum atomic E-state index is 11.0. The van der Waals surface area contributed by atoms with Gasteiger partial charge in [-0.05, 0) is 12.0 Å². The highest BCUT2D eigenvalue weighted by Gasteiger charge is 2.14. The fourth-order valence-corrected chi connectivity index (χ4v) is 1.97. The van der Waals surface area contributed by atoms with Crippen molar-refractivity contribution in [2.75, 3.05) is 0 Å². The van der Waals surface area contributed by atoms with Gasteiger partial charge >= 0.3 is 0 Å². The topological polar surface area (TPSA) is 54.4 Å². The van der Waals surface area contributed by atoms with E-state index in [1.165, 1.54) is 6.08 Å². The molecule has 0 saturated carbocycles. The Hall–Kier alpha value is -1.13. The van der Waals surface area contributed by atoms with Crippen LogP contribution in [-0.4, -0.2) is 13.0 Å². The quantitative estimate of drug-likeness (QED) is 0.782. The van der Waals surface area contributed by atoms with Crippen LogP contribution in [0.4, 0.5) is 0 Å². The van der Waals surface area contributed by atoms with Crippen LogP contribution in [0, 0.1) is 0 Å². The van der Waals surface area contributed by atoms with Crippen molar-refractivity contribution < 1.29 is 13.0 Å². The third-order valence-corrected chi connectivity index (χ3v) is 2.68. The summed E-state index contributed by atoms with van der Waals surface area (Å²) in [5.41, 5.74) is 0.511. The van der Waals surface area contributed by atoms with Gasteiger partial charge in [-0.1, -0.05) is 43.3 Å². The molecule has 14 heavy (non-hydrogen) atoms. The van der Waals surface area contributed by atoms with Gasteiger partial charge < -0.3 is 0 Å². The van der Waals surface area contributed by atoms with Crippen molar-refractivity contribution in [1.29, 1.82) is 0 Å². The average molecular weight is 212 g/mol. The highest BCUT2D eigenvalue weighted by atomic mass is 32.2. The Morgan fingerprint density at radius 3 is 2.36 bits per heavy atom. The first kappa shape index (κ1) is 10.9. The summed E-state index contributed by atoms with van der Waals surface area (Å²) < 4.78 is 31.0. The van der Waals surface area contributed by atoms with E-state index in [-0.39, 0.29) is 4.91 Å². The molecule has 0 radical (unpaired) electrons. The van der Waals surface area contributed by atoms with Crippen LogP contribution in [0.1, 0.15) is 18.9 Å². The summed E-state index contributed by atoms with van der Waals surface area (Å²) in [5.74, 6) is 0. The SMILES string of the molecule is CCC=C(c1ccccc1)S(=O)(=O)O. The van der Waals surface area contributed by atoms with Crippen LogP contribution in [0.25, 0.3) is 4.91 Å². The monoisotopic (exact) mass is 212 g/mol. The van der Waals surface area contributed by atoms with E-state index in [1.807, 2.05) is 6.92 Å². The molecule has 0 spiro atoms. The zero-order chi connectivity index (χ0) is 10.6. The molecule has 0 aliphatic carbocycles. The van der Waals surface area contributed by atoms with Crippen LogP contribution in [0.3, 0.4) is 0 Å². The third-order valence-electron chi connectivity index (χ3n) is 1.73. The fourth-order valence-electron chi connectivity index (χ4n) is 1.16. The lowest BCUT2D eigenvalue weighted by molar-refractivity contribution is 0.496. The molecule has 1 rings (SSSR count).